The first-order valence-electron chi connectivity index (χ1n) is 6.84. The Hall–Kier alpha value is -2.80. The van der Waals surface area contributed by atoms with Crippen molar-refractivity contribution in [3.8, 4) is 11.5 Å². The minimum Gasteiger partial charge on any atom is -0.497 e. The molecule has 0 saturated carbocycles. The molecule has 1 N–H and O–H groups in total. The molecule has 2 rings (SSSR count). The lowest BCUT2D eigenvalue weighted by atomic mass is 10.2. The smallest absolute Gasteiger partial charge is 0.342 e. The number of amides is 1. The summed E-state index contributed by atoms with van der Waals surface area (Å²) in [5, 5.41) is 2.93. The summed E-state index contributed by atoms with van der Waals surface area (Å²) in [4.78, 5) is 27.8. The van der Waals surface area contributed by atoms with Crippen molar-refractivity contribution in [2.45, 2.75) is 0 Å². The van der Waals surface area contributed by atoms with Crippen LogP contribution < -0.4 is 14.8 Å². The molecule has 0 fully saturated rings. The maximum absolute atomic E-state index is 12.1. The molecule has 8 heteroatoms. The van der Waals surface area contributed by atoms with E-state index in [2.05, 4.69) is 10.3 Å². The molecule has 126 valence electrons. The van der Waals surface area contributed by atoms with Crippen LogP contribution in [-0.2, 0) is 9.53 Å². The largest absolute Gasteiger partial charge is 0.497 e. The summed E-state index contributed by atoms with van der Waals surface area (Å²) in [6, 6.07) is 7.81. The molecule has 1 heterocycles. The number of nitrogens with zero attached hydrogens (tertiary/aromatic N) is 1. The first kappa shape index (κ1) is 17.6. The van der Waals surface area contributed by atoms with Crippen LogP contribution in [0.5, 0.6) is 11.5 Å². The van der Waals surface area contributed by atoms with Gasteiger partial charge in [0.15, 0.2) is 6.61 Å². The number of aromatic nitrogens is 1. The zero-order chi connectivity index (χ0) is 17.5. The van der Waals surface area contributed by atoms with Crippen LogP contribution >= 0.6 is 11.6 Å². The number of hydrogen-bond donors (Lipinski definition) is 1. The Morgan fingerprint density at radius 3 is 2.58 bits per heavy atom. The number of carbonyl (C=O) groups is 2. The van der Waals surface area contributed by atoms with Crippen molar-refractivity contribution in [2.75, 3.05) is 26.1 Å². The second-order valence-corrected chi connectivity index (χ2v) is 4.99. The molecule has 2 aromatic rings. The summed E-state index contributed by atoms with van der Waals surface area (Å²) in [7, 11) is 2.90. The molecule has 7 nitrogen and oxygen atoms in total. The summed E-state index contributed by atoms with van der Waals surface area (Å²) in [6.07, 6.45) is 1.39. The van der Waals surface area contributed by atoms with E-state index in [0.717, 1.165) is 0 Å². The predicted octanol–water partition coefficient (Wildman–Crippen LogP) is 2.55. The highest BCUT2D eigenvalue weighted by molar-refractivity contribution is 6.30. The van der Waals surface area contributed by atoms with E-state index >= 15 is 0 Å². The zero-order valence-electron chi connectivity index (χ0n) is 13.0. The summed E-state index contributed by atoms with van der Waals surface area (Å²) in [5.41, 5.74) is 0.161. The van der Waals surface area contributed by atoms with Crippen LogP contribution in [0.1, 0.15) is 10.4 Å². The number of benzene rings is 1. The van der Waals surface area contributed by atoms with Gasteiger partial charge in [0.2, 0.25) is 0 Å². The average molecular weight is 351 g/mol. The van der Waals surface area contributed by atoms with Gasteiger partial charge in [-0.3, -0.25) is 4.79 Å². The van der Waals surface area contributed by atoms with Gasteiger partial charge in [0.05, 0.1) is 19.2 Å². The van der Waals surface area contributed by atoms with Gasteiger partial charge >= 0.3 is 5.97 Å². The fraction of sp³-hybridized carbons (Fsp3) is 0.188. The third-order valence-electron chi connectivity index (χ3n) is 2.96. The first-order valence-corrected chi connectivity index (χ1v) is 7.22. The van der Waals surface area contributed by atoms with E-state index in [0.29, 0.717) is 22.3 Å². The van der Waals surface area contributed by atoms with Crippen molar-refractivity contribution >= 4 is 29.3 Å². The van der Waals surface area contributed by atoms with Gasteiger partial charge in [0.25, 0.3) is 5.91 Å². The van der Waals surface area contributed by atoms with Crippen molar-refractivity contribution in [3.63, 3.8) is 0 Å². The lowest BCUT2D eigenvalue weighted by molar-refractivity contribution is -0.119. The van der Waals surface area contributed by atoms with Crippen LogP contribution in [0.4, 0.5) is 5.82 Å². The Morgan fingerprint density at radius 2 is 1.96 bits per heavy atom. The fourth-order valence-electron chi connectivity index (χ4n) is 1.81. The fourth-order valence-corrected chi connectivity index (χ4v) is 1.92. The van der Waals surface area contributed by atoms with Gasteiger partial charge in [-0.25, -0.2) is 9.78 Å². The van der Waals surface area contributed by atoms with E-state index in [1.54, 1.807) is 18.2 Å². The molecule has 1 aromatic carbocycles. The third kappa shape index (κ3) is 4.60. The van der Waals surface area contributed by atoms with Gasteiger partial charge in [0.1, 0.15) is 22.9 Å². The number of hydrogen-bond acceptors (Lipinski definition) is 6. The summed E-state index contributed by atoms with van der Waals surface area (Å²) < 4.78 is 15.1. The molecule has 1 aromatic heterocycles. The normalized spacial score (nSPS) is 9.96. The van der Waals surface area contributed by atoms with E-state index in [-0.39, 0.29) is 5.56 Å². The van der Waals surface area contributed by atoms with Crippen molar-refractivity contribution in [1.29, 1.82) is 0 Å². The molecule has 0 atom stereocenters. The van der Waals surface area contributed by atoms with Crippen LogP contribution in [0.3, 0.4) is 0 Å². The Bertz CT molecular complexity index is 734. The first-order chi connectivity index (χ1) is 11.5. The van der Waals surface area contributed by atoms with Crippen LogP contribution in [-0.4, -0.2) is 37.7 Å². The Kier molecular flexibility index (Phi) is 5.97. The summed E-state index contributed by atoms with van der Waals surface area (Å²) in [5.74, 6) is -0.137. The number of carbonyl (C=O) groups excluding carboxylic acids is 2. The number of pyridine rings is 1. The molecule has 24 heavy (non-hydrogen) atoms. The molecule has 0 spiro atoms. The number of halogens is 1. The molecule has 1 amide bonds. The zero-order valence-corrected chi connectivity index (χ0v) is 13.8. The minimum absolute atomic E-state index is 0.161. The number of anilines is 1. The maximum atomic E-state index is 12.1. The van der Waals surface area contributed by atoms with Crippen LogP contribution in [0.2, 0.25) is 5.02 Å². The van der Waals surface area contributed by atoms with Crippen LogP contribution in [0, 0.1) is 0 Å². The highest BCUT2D eigenvalue weighted by atomic mass is 35.5. The number of rotatable bonds is 6. The number of ether oxygens (including phenoxy) is 3. The van der Waals surface area contributed by atoms with Crippen molar-refractivity contribution < 1.29 is 23.8 Å². The van der Waals surface area contributed by atoms with E-state index in [1.165, 1.54) is 32.5 Å². The molecule has 0 aliphatic carbocycles. The Morgan fingerprint density at radius 1 is 1.17 bits per heavy atom. The second-order valence-electron chi connectivity index (χ2n) is 4.55. The predicted molar refractivity (Wildman–Crippen MR) is 87.7 cm³/mol. The van der Waals surface area contributed by atoms with E-state index < -0.39 is 18.5 Å². The van der Waals surface area contributed by atoms with Crippen molar-refractivity contribution in [2.24, 2.45) is 0 Å². The monoisotopic (exact) mass is 350 g/mol. The highest BCUT2D eigenvalue weighted by Crippen LogP contribution is 2.24. The molecule has 0 unspecified atom stereocenters. The molecule has 0 radical (unpaired) electrons. The highest BCUT2D eigenvalue weighted by Gasteiger charge is 2.16. The van der Waals surface area contributed by atoms with E-state index in [9.17, 15) is 9.59 Å². The molecule has 0 aliphatic rings. The Labute approximate surface area is 143 Å². The second kappa shape index (κ2) is 8.16. The average Bonchev–Trinajstić information content (AvgIpc) is 2.61. The van der Waals surface area contributed by atoms with Crippen molar-refractivity contribution in [3.05, 3.63) is 47.1 Å². The lowest BCUT2D eigenvalue weighted by Crippen LogP contribution is -2.21. The summed E-state index contributed by atoms with van der Waals surface area (Å²) >= 11 is 5.71. The van der Waals surface area contributed by atoms with Gasteiger partial charge in [0, 0.05) is 6.20 Å². The minimum atomic E-state index is -0.704. The van der Waals surface area contributed by atoms with Gasteiger partial charge < -0.3 is 19.5 Å². The van der Waals surface area contributed by atoms with E-state index in [4.69, 9.17) is 25.8 Å². The van der Waals surface area contributed by atoms with E-state index in [1.807, 2.05) is 0 Å². The SMILES string of the molecule is COc1ccc(OC)c(C(=O)OCC(=O)Nc2ccc(Cl)cn2)c1. The number of nitrogens with one attached hydrogen (secondary N) is 1. The molecule has 0 bridgehead atoms. The number of methoxy groups -OCH3 is 2. The third-order valence-corrected chi connectivity index (χ3v) is 3.18. The van der Waals surface area contributed by atoms with Crippen LogP contribution in [0.15, 0.2) is 36.5 Å². The number of esters is 1. The van der Waals surface area contributed by atoms with Crippen molar-refractivity contribution in [1.82, 2.24) is 4.98 Å². The van der Waals surface area contributed by atoms with Gasteiger partial charge in [-0.1, -0.05) is 11.6 Å². The molecule has 0 saturated heterocycles. The Balaban J connectivity index is 1.97. The molecular formula is C16H15ClN2O5. The maximum Gasteiger partial charge on any atom is 0.342 e. The van der Waals surface area contributed by atoms with Crippen LogP contribution in [0.25, 0.3) is 0 Å². The topological polar surface area (TPSA) is 86.8 Å². The molecular weight excluding hydrogens is 336 g/mol. The van der Waals surface area contributed by atoms with Gasteiger partial charge in [-0.2, -0.15) is 0 Å². The summed E-state index contributed by atoms with van der Waals surface area (Å²) in [6.45, 7) is -0.469. The quantitative estimate of drug-likeness (QED) is 0.806. The standard InChI is InChI=1S/C16H15ClN2O5/c1-22-11-4-5-13(23-2)12(7-11)16(21)24-9-15(20)19-14-6-3-10(17)8-18-14/h3-8H,9H2,1-2H3,(H,18,19,20). The van der Waals surface area contributed by atoms with Gasteiger partial charge in [-0.05, 0) is 30.3 Å². The molecule has 0 aliphatic heterocycles. The lowest BCUT2D eigenvalue weighted by Gasteiger charge is -2.10. The van der Waals surface area contributed by atoms with Gasteiger partial charge in [-0.15, -0.1) is 0 Å².